The van der Waals surface area contributed by atoms with Gasteiger partial charge in [0, 0.05) is 4.88 Å². The van der Waals surface area contributed by atoms with Crippen LogP contribution in [0.5, 0.6) is 0 Å². The third kappa shape index (κ3) is 3.53. The molecule has 146 valence electrons. The van der Waals surface area contributed by atoms with E-state index >= 15 is 0 Å². The van der Waals surface area contributed by atoms with E-state index in [9.17, 15) is 16.8 Å². The lowest BCUT2D eigenvalue weighted by Gasteiger charge is -2.24. The van der Waals surface area contributed by atoms with E-state index in [0.29, 0.717) is 8.59 Å². The lowest BCUT2D eigenvalue weighted by molar-refractivity contribution is 0.584. The molecule has 0 bridgehead atoms. The quantitative estimate of drug-likeness (QED) is 0.455. The number of nitrogens with one attached hydrogen (secondary N) is 1. The molecule has 0 atom stereocenters. The molecule has 0 radical (unpaired) electrons. The van der Waals surface area contributed by atoms with Gasteiger partial charge in [0.05, 0.1) is 20.4 Å². The molecule has 0 spiro atoms. The summed E-state index contributed by atoms with van der Waals surface area (Å²) in [5.74, 6) is -0.270. The number of nitrogens with zero attached hydrogens (tertiary/aromatic N) is 1. The molecule has 3 rings (SSSR count). The van der Waals surface area contributed by atoms with Crippen molar-refractivity contribution < 1.29 is 16.8 Å². The number of nitrogens with two attached hydrogens (primary N) is 1. The molecule has 0 unspecified atom stereocenters. The van der Waals surface area contributed by atoms with Gasteiger partial charge in [0.1, 0.15) is 5.84 Å². The summed E-state index contributed by atoms with van der Waals surface area (Å²) in [4.78, 5) is 0.363. The average molecular weight is 436 g/mol. The van der Waals surface area contributed by atoms with E-state index in [2.05, 4.69) is 0 Å². The first-order valence-electron chi connectivity index (χ1n) is 8.01. The largest absolute Gasteiger partial charge is 0.383 e. The Morgan fingerprint density at radius 2 is 1.32 bits per heavy atom. The number of sulfonamides is 2. The third-order valence-corrected chi connectivity index (χ3v) is 9.13. The van der Waals surface area contributed by atoms with Crippen molar-refractivity contribution in [2.24, 2.45) is 5.73 Å². The van der Waals surface area contributed by atoms with Crippen LogP contribution in [0.15, 0.2) is 76.5 Å². The van der Waals surface area contributed by atoms with Gasteiger partial charge in [-0.1, -0.05) is 36.4 Å². The second-order valence-corrected chi connectivity index (χ2v) is 10.9. The normalized spacial score (nSPS) is 11.9. The lowest BCUT2D eigenvalue weighted by Crippen LogP contribution is -2.37. The molecule has 3 N–H and O–H groups in total. The van der Waals surface area contributed by atoms with Crippen LogP contribution in [0, 0.1) is 12.3 Å². The standard InChI is InChI=1S/C18H17N3O4S3/c1-13-16(12-17(26-13)18(19)20)21(27(22,23)14-8-4-2-5-9-14)28(24,25)15-10-6-3-7-11-15/h2-12H,1H3,(H3,19,20). The lowest BCUT2D eigenvalue weighted by atomic mass is 10.3. The number of nitrogen functional groups attached to an aromatic ring is 1. The van der Waals surface area contributed by atoms with Crippen molar-refractivity contribution in [1.82, 2.24) is 0 Å². The van der Waals surface area contributed by atoms with Crippen LogP contribution in [-0.2, 0) is 20.0 Å². The Labute approximate surface area is 167 Å². The molecule has 7 nitrogen and oxygen atoms in total. The van der Waals surface area contributed by atoms with Crippen molar-refractivity contribution in [2.75, 3.05) is 3.71 Å². The van der Waals surface area contributed by atoms with Gasteiger partial charge in [-0.2, -0.15) is 3.71 Å². The second-order valence-electron chi connectivity index (χ2n) is 5.80. The zero-order chi connectivity index (χ0) is 20.5. The number of hydrogen-bond donors (Lipinski definition) is 2. The summed E-state index contributed by atoms with van der Waals surface area (Å²) >= 11 is 1.05. The first-order valence-corrected chi connectivity index (χ1v) is 11.7. The van der Waals surface area contributed by atoms with Crippen molar-refractivity contribution in [3.63, 3.8) is 0 Å². The van der Waals surface area contributed by atoms with E-state index in [0.717, 1.165) is 11.3 Å². The van der Waals surface area contributed by atoms with Crippen molar-refractivity contribution in [2.45, 2.75) is 16.7 Å². The highest BCUT2D eigenvalue weighted by Crippen LogP contribution is 2.37. The Kier molecular flexibility index (Phi) is 5.28. The van der Waals surface area contributed by atoms with Gasteiger partial charge in [-0.05, 0) is 37.3 Å². The molecule has 1 aromatic heterocycles. The number of benzene rings is 2. The van der Waals surface area contributed by atoms with Crippen LogP contribution in [0.1, 0.15) is 9.75 Å². The topological polar surface area (TPSA) is 121 Å². The molecule has 0 saturated carbocycles. The fraction of sp³-hybridized carbons (Fsp3) is 0.0556. The predicted octanol–water partition coefficient (Wildman–Crippen LogP) is 2.92. The second kappa shape index (κ2) is 7.38. The summed E-state index contributed by atoms with van der Waals surface area (Å²) in [5.41, 5.74) is 5.46. The first kappa shape index (κ1) is 20.1. The number of amidine groups is 1. The zero-order valence-corrected chi connectivity index (χ0v) is 17.2. The predicted molar refractivity (Wildman–Crippen MR) is 110 cm³/mol. The highest BCUT2D eigenvalue weighted by molar-refractivity contribution is 8.10. The first-order chi connectivity index (χ1) is 13.2. The van der Waals surface area contributed by atoms with Crippen molar-refractivity contribution in [3.8, 4) is 0 Å². The van der Waals surface area contributed by atoms with E-state index in [1.54, 1.807) is 19.1 Å². The van der Waals surface area contributed by atoms with Gasteiger partial charge in [-0.25, -0.2) is 16.8 Å². The van der Waals surface area contributed by atoms with Crippen molar-refractivity contribution in [3.05, 3.63) is 76.5 Å². The Hall–Kier alpha value is -2.69. The van der Waals surface area contributed by atoms with Crippen molar-refractivity contribution in [1.29, 1.82) is 5.41 Å². The number of hydrogen-bond acceptors (Lipinski definition) is 6. The molecule has 0 aliphatic carbocycles. The molecule has 2 aromatic carbocycles. The minimum Gasteiger partial charge on any atom is -0.383 e. The van der Waals surface area contributed by atoms with Crippen LogP contribution in [0.25, 0.3) is 0 Å². The molecule has 0 saturated heterocycles. The highest BCUT2D eigenvalue weighted by atomic mass is 32.3. The molecule has 28 heavy (non-hydrogen) atoms. The minimum absolute atomic E-state index is 0.0529. The number of aryl methyl sites for hydroxylation is 1. The summed E-state index contributed by atoms with van der Waals surface area (Å²) in [7, 11) is -8.91. The molecule has 0 aliphatic heterocycles. The van der Waals surface area contributed by atoms with Crippen LogP contribution in [0.4, 0.5) is 5.69 Å². The molecule has 0 aliphatic rings. The summed E-state index contributed by atoms with van der Waals surface area (Å²) < 4.78 is 53.8. The number of rotatable bonds is 6. The smallest absolute Gasteiger partial charge is 0.277 e. The summed E-state index contributed by atoms with van der Waals surface area (Å²) in [6, 6.07) is 16.0. The van der Waals surface area contributed by atoms with Crippen LogP contribution in [0.3, 0.4) is 0 Å². The fourth-order valence-electron chi connectivity index (χ4n) is 2.55. The Morgan fingerprint density at radius 1 is 0.893 bits per heavy atom. The monoisotopic (exact) mass is 435 g/mol. The highest BCUT2D eigenvalue weighted by Gasteiger charge is 2.38. The summed E-state index contributed by atoms with van der Waals surface area (Å²) in [6.45, 7) is 1.58. The van der Waals surface area contributed by atoms with Gasteiger partial charge in [0.25, 0.3) is 20.0 Å². The van der Waals surface area contributed by atoms with Crippen LogP contribution < -0.4 is 9.44 Å². The Balaban J connectivity index is 2.31. The van der Waals surface area contributed by atoms with E-state index < -0.39 is 20.0 Å². The van der Waals surface area contributed by atoms with Crippen LogP contribution in [0.2, 0.25) is 0 Å². The molecule has 1 heterocycles. The van der Waals surface area contributed by atoms with Crippen molar-refractivity contribution >= 4 is 42.9 Å². The van der Waals surface area contributed by atoms with Gasteiger partial charge < -0.3 is 5.73 Å². The van der Waals surface area contributed by atoms with E-state index in [-0.39, 0.29) is 26.2 Å². The number of thiophene rings is 1. The minimum atomic E-state index is -4.45. The molecule has 3 aromatic rings. The molecule has 0 amide bonds. The van der Waals surface area contributed by atoms with Crippen LogP contribution >= 0.6 is 11.3 Å². The van der Waals surface area contributed by atoms with Gasteiger partial charge in [-0.15, -0.1) is 11.3 Å². The molecule has 10 heteroatoms. The third-order valence-electron chi connectivity index (χ3n) is 3.87. The Morgan fingerprint density at radius 3 is 1.68 bits per heavy atom. The maximum atomic E-state index is 13.4. The number of anilines is 1. The Bertz CT molecular complexity index is 1150. The van der Waals surface area contributed by atoms with Gasteiger partial charge in [0.2, 0.25) is 0 Å². The van der Waals surface area contributed by atoms with E-state index in [1.165, 1.54) is 54.6 Å². The molecular weight excluding hydrogens is 418 g/mol. The maximum absolute atomic E-state index is 13.4. The maximum Gasteiger partial charge on any atom is 0.277 e. The van der Waals surface area contributed by atoms with Gasteiger partial charge >= 0.3 is 0 Å². The van der Waals surface area contributed by atoms with E-state index in [4.69, 9.17) is 11.1 Å². The fourth-order valence-corrected chi connectivity index (χ4v) is 7.36. The summed E-state index contributed by atoms with van der Waals surface area (Å²) in [5, 5.41) is 7.60. The van der Waals surface area contributed by atoms with Gasteiger partial charge in [0.15, 0.2) is 0 Å². The van der Waals surface area contributed by atoms with Gasteiger partial charge in [-0.3, -0.25) is 5.41 Å². The van der Waals surface area contributed by atoms with Crippen LogP contribution in [-0.4, -0.2) is 22.7 Å². The zero-order valence-electron chi connectivity index (χ0n) is 14.7. The SMILES string of the molecule is Cc1sc(C(=N)N)cc1N(S(=O)(=O)c1ccccc1)S(=O)(=O)c1ccccc1. The molecular formula is C18H17N3O4S3. The van der Waals surface area contributed by atoms with E-state index in [1.807, 2.05) is 0 Å². The molecule has 0 fully saturated rings. The average Bonchev–Trinajstić information content (AvgIpc) is 3.04. The summed E-state index contributed by atoms with van der Waals surface area (Å²) in [6.07, 6.45) is 0.